The van der Waals surface area contributed by atoms with Crippen LogP contribution in [0.1, 0.15) is 31.2 Å². The van der Waals surface area contributed by atoms with E-state index < -0.39 is 26.2 Å². The molecule has 0 atom stereocenters. The van der Waals surface area contributed by atoms with Gasteiger partial charge in [0.05, 0.1) is 0 Å². The first kappa shape index (κ1) is 16.2. The molecule has 0 bridgehead atoms. The Kier molecular flexibility index (Phi) is 4.55. The molecule has 5 nitrogen and oxygen atoms in total. The Morgan fingerprint density at radius 3 is 2.57 bits per heavy atom. The normalized spacial score (nSPS) is 18.0. The van der Waals surface area contributed by atoms with Crippen molar-refractivity contribution < 1.29 is 17.9 Å². The van der Waals surface area contributed by atoms with Gasteiger partial charge in [-0.25, -0.2) is 17.5 Å². The van der Waals surface area contributed by atoms with Gasteiger partial charge < -0.3 is 10.8 Å². The first-order valence-corrected chi connectivity index (χ1v) is 8.44. The number of benzene rings is 1. The molecule has 118 valence electrons. The first-order chi connectivity index (χ1) is 9.80. The van der Waals surface area contributed by atoms with E-state index in [1.807, 2.05) is 0 Å². The molecule has 21 heavy (non-hydrogen) atoms. The number of nitrogens with one attached hydrogen (secondary N) is 1. The predicted octanol–water partition coefficient (Wildman–Crippen LogP) is 1.55. The molecule has 1 fully saturated rings. The Labute approximate surface area is 124 Å². The van der Waals surface area contributed by atoms with Crippen molar-refractivity contribution in [3.05, 3.63) is 23.5 Å². The number of anilines is 1. The molecule has 0 radical (unpaired) electrons. The molecule has 0 aromatic heterocycles. The van der Waals surface area contributed by atoms with Crippen LogP contribution >= 0.6 is 0 Å². The fourth-order valence-corrected chi connectivity index (χ4v) is 3.97. The molecule has 1 saturated carbocycles. The summed E-state index contributed by atoms with van der Waals surface area (Å²) in [6.45, 7) is 1.65. The topological polar surface area (TPSA) is 92.4 Å². The zero-order chi connectivity index (χ0) is 15.7. The summed E-state index contributed by atoms with van der Waals surface area (Å²) in [5.41, 5.74) is 5.95. The van der Waals surface area contributed by atoms with E-state index in [4.69, 9.17) is 5.73 Å². The average molecular weight is 316 g/mol. The standard InChI is InChI=1S/C14H21FN2O3S/c1-10-6-11(15)13(7-12(10)16)21(19,20)17-8-14(9-18)4-2-3-5-14/h6-7,17-18H,2-5,8-9,16H2,1H3. The van der Waals surface area contributed by atoms with Gasteiger partial charge >= 0.3 is 0 Å². The van der Waals surface area contributed by atoms with Crippen molar-refractivity contribution in [1.29, 1.82) is 0 Å². The molecule has 4 N–H and O–H groups in total. The van der Waals surface area contributed by atoms with E-state index in [2.05, 4.69) is 4.72 Å². The van der Waals surface area contributed by atoms with Gasteiger partial charge in [-0.05, 0) is 37.5 Å². The molecule has 0 aliphatic heterocycles. The van der Waals surface area contributed by atoms with Gasteiger partial charge in [-0.3, -0.25) is 0 Å². The summed E-state index contributed by atoms with van der Waals surface area (Å²) in [5.74, 6) is -0.821. The molecule has 1 aliphatic rings. The Morgan fingerprint density at radius 2 is 2.00 bits per heavy atom. The summed E-state index contributed by atoms with van der Waals surface area (Å²) in [5, 5.41) is 9.49. The second-order valence-corrected chi connectivity index (χ2v) is 7.56. The third kappa shape index (κ3) is 3.36. The van der Waals surface area contributed by atoms with Gasteiger partial charge in [-0.2, -0.15) is 0 Å². The van der Waals surface area contributed by atoms with Gasteiger partial charge in [-0.15, -0.1) is 0 Å². The fourth-order valence-electron chi connectivity index (χ4n) is 2.72. The van der Waals surface area contributed by atoms with Crippen LogP contribution in [0.2, 0.25) is 0 Å². The quantitative estimate of drug-likeness (QED) is 0.719. The van der Waals surface area contributed by atoms with E-state index in [-0.39, 0.29) is 18.8 Å². The van der Waals surface area contributed by atoms with E-state index in [0.29, 0.717) is 5.56 Å². The van der Waals surface area contributed by atoms with Gasteiger partial charge in [0.25, 0.3) is 0 Å². The highest BCUT2D eigenvalue weighted by molar-refractivity contribution is 7.89. The van der Waals surface area contributed by atoms with Gasteiger partial charge in [0.15, 0.2) is 0 Å². The molecule has 0 saturated heterocycles. The number of nitrogens with two attached hydrogens (primary N) is 1. The van der Waals surface area contributed by atoms with E-state index in [1.54, 1.807) is 6.92 Å². The summed E-state index contributed by atoms with van der Waals surface area (Å²) in [4.78, 5) is -0.448. The summed E-state index contributed by atoms with van der Waals surface area (Å²) in [7, 11) is -3.98. The van der Waals surface area contributed by atoms with Crippen molar-refractivity contribution in [3.8, 4) is 0 Å². The number of rotatable bonds is 5. The van der Waals surface area contributed by atoms with Crippen molar-refractivity contribution in [2.24, 2.45) is 5.41 Å². The number of aryl methyl sites for hydroxylation is 1. The van der Waals surface area contributed by atoms with E-state index >= 15 is 0 Å². The highest BCUT2D eigenvalue weighted by Gasteiger charge is 2.35. The Hall–Kier alpha value is -1.18. The van der Waals surface area contributed by atoms with Crippen LogP contribution in [0.4, 0.5) is 10.1 Å². The van der Waals surface area contributed by atoms with Crippen LogP contribution in [0.25, 0.3) is 0 Å². The third-order valence-corrected chi connectivity index (χ3v) is 5.66. The van der Waals surface area contributed by atoms with Gasteiger partial charge in [0.1, 0.15) is 10.7 Å². The van der Waals surface area contributed by atoms with Crippen molar-refractivity contribution in [2.45, 2.75) is 37.5 Å². The molecule has 0 unspecified atom stereocenters. The molecule has 2 rings (SSSR count). The first-order valence-electron chi connectivity index (χ1n) is 6.96. The zero-order valence-corrected chi connectivity index (χ0v) is 12.8. The molecular weight excluding hydrogens is 295 g/mol. The molecular formula is C14H21FN2O3S. The van der Waals surface area contributed by atoms with Crippen LogP contribution in [0.3, 0.4) is 0 Å². The third-order valence-electron chi connectivity index (χ3n) is 4.25. The minimum Gasteiger partial charge on any atom is -0.398 e. The molecule has 1 aromatic rings. The lowest BCUT2D eigenvalue weighted by molar-refractivity contribution is 0.134. The molecule has 0 spiro atoms. The maximum atomic E-state index is 13.9. The van der Waals surface area contributed by atoms with Crippen LogP contribution in [-0.4, -0.2) is 26.7 Å². The van der Waals surface area contributed by atoms with Crippen molar-refractivity contribution in [1.82, 2.24) is 4.72 Å². The molecule has 0 amide bonds. The monoisotopic (exact) mass is 316 g/mol. The van der Waals surface area contributed by atoms with Crippen molar-refractivity contribution in [2.75, 3.05) is 18.9 Å². The lowest BCUT2D eigenvalue weighted by atomic mass is 9.88. The van der Waals surface area contributed by atoms with Gasteiger partial charge in [-0.1, -0.05) is 12.8 Å². The molecule has 0 heterocycles. The van der Waals surface area contributed by atoms with Gasteiger partial charge in [0.2, 0.25) is 10.0 Å². The average Bonchev–Trinajstić information content (AvgIpc) is 2.90. The Morgan fingerprint density at radius 1 is 1.38 bits per heavy atom. The van der Waals surface area contributed by atoms with E-state index in [1.165, 1.54) is 0 Å². The Balaban J connectivity index is 2.21. The number of nitrogen functional groups attached to an aromatic ring is 1. The summed E-state index contributed by atoms with van der Waals surface area (Å²) in [6.07, 6.45) is 3.47. The lowest BCUT2D eigenvalue weighted by Gasteiger charge is -2.26. The number of hydrogen-bond acceptors (Lipinski definition) is 4. The second kappa shape index (κ2) is 5.90. The van der Waals surface area contributed by atoms with E-state index in [9.17, 15) is 17.9 Å². The highest BCUT2D eigenvalue weighted by Crippen LogP contribution is 2.37. The highest BCUT2D eigenvalue weighted by atomic mass is 32.2. The van der Waals surface area contributed by atoms with Crippen LogP contribution in [0, 0.1) is 18.2 Å². The molecule has 1 aromatic carbocycles. The number of aliphatic hydroxyl groups excluding tert-OH is 1. The smallest absolute Gasteiger partial charge is 0.243 e. The Bertz CT molecular complexity index is 625. The van der Waals surface area contributed by atoms with Crippen LogP contribution in [0.15, 0.2) is 17.0 Å². The maximum absolute atomic E-state index is 13.9. The second-order valence-electron chi connectivity index (χ2n) is 5.83. The largest absolute Gasteiger partial charge is 0.398 e. The fraction of sp³-hybridized carbons (Fsp3) is 0.571. The summed E-state index contributed by atoms with van der Waals surface area (Å²) in [6, 6.07) is 2.24. The number of sulfonamides is 1. The summed E-state index contributed by atoms with van der Waals surface area (Å²) < 4.78 is 40.8. The van der Waals surface area contributed by atoms with Crippen LogP contribution in [0.5, 0.6) is 0 Å². The van der Waals surface area contributed by atoms with E-state index in [0.717, 1.165) is 37.8 Å². The van der Waals surface area contributed by atoms with Crippen LogP contribution < -0.4 is 10.5 Å². The zero-order valence-electron chi connectivity index (χ0n) is 12.0. The predicted molar refractivity (Wildman–Crippen MR) is 78.7 cm³/mol. The van der Waals surface area contributed by atoms with Crippen molar-refractivity contribution >= 4 is 15.7 Å². The molecule has 1 aliphatic carbocycles. The summed E-state index contributed by atoms with van der Waals surface area (Å²) >= 11 is 0. The minimum absolute atomic E-state index is 0.0754. The number of halogens is 1. The lowest BCUT2D eigenvalue weighted by Crippen LogP contribution is -2.38. The SMILES string of the molecule is Cc1cc(F)c(S(=O)(=O)NCC2(CO)CCCC2)cc1N. The number of hydrogen-bond donors (Lipinski definition) is 3. The maximum Gasteiger partial charge on any atom is 0.243 e. The molecule has 7 heteroatoms. The number of aliphatic hydroxyl groups is 1. The van der Waals surface area contributed by atoms with Crippen LogP contribution in [-0.2, 0) is 10.0 Å². The minimum atomic E-state index is -3.98. The van der Waals surface area contributed by atoms with Crippen molar-refractivity contribution in [3.63, 3.8) is 0 Å². The van der Waals surface area contributed by atoms with Gasteiger partial charge in [0, 0.05) is 24.3 Å².